The van der Waals surface area contributed by atoms with Crippen LogP contribution in [0.2, 0.25) is 0 Å². The van der Waals surface area contributed by atoms with Gasteiger partial charge in [-0.3, -0.25) is 4.68 Å². The van der Waals surface area contributed by atoms with Crippen molar-refractivity contribution in [3.8, 4) is 5.75 Å². The predicted octanol–water partition coefficient (Wildman–Crippen LogP) is 2.36. The Labute approximate surface area is 121 Å². The van der Waals surface area contributed by atoms with Gasteiger partial charge in [0.05, 0.1) is 11.8 Å². The third kappa shape index (κ3) is 3.08. The van der Waals surface area contributed by atoms with Crippen molar-refractivity contribution in [2.24, 2.45) is 7.05 Å². The highest BCUT2D eigenvalue weighted by Crippen LogP contribution is 2.30. The van der Waals surface area contributed by atoms with Crippen molar-refractivity contribution in [2.75, 3.05) is 0 Å². The Morgan fingerprint density at radius 3 is 2.32 bits per heavy atom. The fraction of sp³-hybridized carbons (Fsp3) is 0.154. The zero-order valence-electron chi connectivity index (χ0n) is 11.1. The minimum atomic E-state index is -4.50. The fourth-order valence-electron chi connectivity index (χ4n) is 1.70. The van der Waals surface area contributed by atoms with E-state index in [4.69, 9.17) is 9.84 Å². The Kier molecular flexibility index (Phi) is 3.89. The maximum Gasteiger partial charge on any atom is 0.416 e. The highest BCUT2D eigenvalue weighted by molar-refractivity contribution is 6.01. The van der Waals surface area contributed by atoms with Gasteiger partial charge in [0, 0.05) is 7.05 Å². The number of aromatic carboxylic acids is 1. The van der Waals surface area contributed by atoms with E-state index in [0.29, 0.717) is 0 Å². The summed E-state index contributed by atoms with van der Waals surface area (Å²) >= 11 is 0. The van der Waals surface area contributed by atoms with Crippen molar-refractivity contribution in [3.63, 3.8) is 0 Å². The van der Waals surface area contributed by atoms with Gasteiger partial charge in [-0.15, -0.1) is 0 Å². The lowest BCUT2D eigenvalue weighted by molar-refractivity contribution is -0.137. The lowest BCUT2D eigenvalue weighted by Gasteiger charge is -2.08. The molecule has 0 saturated carbocycles. The van der Waals surface area contributed by atoms with Gasteiger partial charge in [0.1, 0.15) is 11.3 Å². The first kappa shape index (κ1) is 15.5. The van der Waals surface area contributed by atoms with Crippen LogP contribution in [-0.4, -0.2) is 26.8 Å². The second-order valence-electron chi connectivity index (χ2n) is 4.25. The largest absolute Gasteiger partial charge is 0.478 e. The number of esters is 1. The van der Waals surface area contributed by atoms with Gasteiger partial charge in [0.15, 0.2) is 5.69 Å². The molecule has 0 atom stereocenters. The van der Waals surface area contributed by atoms with Crippen LogP contribution in [0, 0.1) is 0 Å². The van der Waals surface area contributed by atoms with Crippen LogP contribution in [0.5, 0.6) is 5.75 Å². The van der Waals surface area contributed by atoms with E-state index in [0.717, 1.165) is 35.1 Å². The molecule has 0 aliphatic heterocycles. The van der Waals surface area contributed by atoms with Crippen LogP contribution < -0.4 is 4.74 Å². The lowest BCUT2D eigenvalue weighted by atomic mass is 10.2. The number of benzene rings is 1. The second-order valence-corrected chi connectivity index (χ2v) is 4.25. The monoisotopic (exact) mass is 314 g/mol. The Morgan fingerprint density at radius 2 is 1.82 bits per heavy atom. The van der Waals surface area contributed by atoms with E-state index >= 15 is 0 Å². The molecule has 0 bridgehead atoms. The van der Waals surface area contributed by atoms with Crippen LogP contribution in [0.1, 0.15) is 26.4 Å². The number of aryl methyl sites for hydroxylation is 1. The third-order valence-electron chi connectivity index (χ3n) is 2.75. The Balaban J connectivity index is 2.23. The van der Waals surface area contributed by atoms with Crippen LogP contribution in [-0.2, 0) is 13.2 Å². The molecule has 0 fully saturated rings. The highest BCUT2D eigenvalue weighted by atomic mass is 19.4. The summed E-state index contributed by atoms with van der Waals surface area (Å²) in [7, 11) is 1.34. The highest BCUT2D eigenvalue weighted by Gasteiger charge is 2.30. The number of alkyl halides is 3. The average molecular weight is 314 g/mol. The van der Waals surface area contributed by atoms with E-state index in [2.05, 4.69) is 5.10 Å². The molecule has 0 unspecified atom stereocenters. The Hall–Kier alpha value is -2.84. The summed E-state index contributed by atoms with van der Waals surface area (Å²) in [5.74, 6) is -2.54. The van der Waals surface area contributed by atoms with Gasteiger partial charge in [-0.25, -0.2) is 9.59 Å². The first-order valence-corrected chi connectivity index (χ1v) is 5.85. The molecule has 2 aromatic rings. The molecule has 1 N–H and O–H groups in total. The summed E-state index contributed by atoms with van der Waals surface area (Å²) in [4.78, 5) is 22.9. The van der Waals surface area contributed by atoms with E-state index in [9.17, 15) is 22.8 Å². The lowest BCUT2D eigenvalue weighted by Crippen LogP contribution is -2.17. The first-order valence-electron chi connectivity index (χ1n) is 5.85. The molecule has 0 amide bonds. The van der Waals surface area contributed by atoms with Crippen LogP contribution in [0.25, 0.3) is 0 Å². The molecule has 2 rings (SSSR count). The van der Waals surface area contributed by atoms with Crippen molar-refractivity contribution in [1.82, 2.24) is 9.78 Å². The Bertz CT molecular complexity index is 720. The summed E-state index contributed by atoms with van der Waals surface area (Å²) in [6.07, 6.45) is -3.52. The molecule has 22 heavy (non-hydrogen) atoms. The smallest absolute Gasteiger partial charge is 0.416 e. The van der Waals surface area contributed by atoms with Crippen molar-refractivity contribution in [2.45, 2.75) is 6.18 Å². The van der Waals surface area contributed by atoms with Crippen LogP contribution in [0.4, 0.5) is 13.2 Å². The molecule has 0 spiro atoms. The van der Waals surface area contributed by atoms with E-state index in [1.807, 2.05) is 0 Å². The molecule has 116 valence electrons. The van der Waals surface area contributed by atoms with E-state index in [1.165, 1.54) is 7.05 Å². The number of carbonyl (C=O) groups excluding carboxylic acids is 1. The quantitative estimate of drug-likeness (QED) is 0.695. The van der Waals surface area contributed by atoms with Crippen LogP contribution >= 0.6 is 0 Å². The first-order chi connectivity index (χ1) is 10.2. The molecule has 0 aliphatic carbocycles. The van der Waals surface area contributed by atoms with E-state index in [-0.39, 0.29) is 17.0 Å². The zero-order valence-corrected chi connectivity index (χ0v) is 11.1. The molecule has 6 nitrogen and oxygen atoms in total. The van der Waals surface area contributed by atoms with Crippen molar-refractivity contribution in [3.05, 3.63) is 47.3 Å². The maximum absolute atomic E-state index is 12.4. The normalized spacial score (nSPS) is 11.3. The number of rotatable bonds is 3. The zero-order chi connectivity index (χ0) is 16.5. The molecule has 0 aliphatic rings. The number of halogens is 3. The summed E-state index contributed by atoms with van der Waals surface area (Å²) < 4.78 is 43.1. The number of carboxylic acids is 1. The molecule has 1 aromatic heterocycles. The number of hydrogen-bond acceptors (Lipinski definition) is 4. The topological polar surface area (TPSA) is 81.4 Å². The third-order valence-corrected chi connectivity index (χ3v) is 2.75. The number of aromatic nitrogens is 2. The van der Waals surface area contributed by atoms with Gasteiger partial charge in [-0.05, 0) is 24.3 Å². The maximum atomic E-state index is 12.4. The number of nitrogens with zero attached hydrogens (tertiary/aromatic N) is 2. The van der Waals surface area contributed by atoms with Crippen LogP contribution in [0.3, 0.4) is 0 Å². The molecule has 1 aromatic carbocycles. The summed E-state index contributed by atoms with van der Waals surface area (Å²) in [5, 5.41) is 12.6. The summed E-state index contributed by atoms with van der Waals surface area (Å²) in [6.45, 7) is 0. The van der Waals surface area contributed by atoms with Gasteiger partial charge in [0.25, 0.3) is 0 Å². The second kappa shape index (κ2) is 5.51. The molecule has 9 heteroatoms. The van der Waals surface area contributed by atoms with E-state index < -0.39 is 23.7 Å². The molecule has 0 radical (unpaired) electrons. The van der Waals surface area contributed by atoms with Crippen molar-refractivity contribution in [1.29, 1.82) is 0 Å². The minimum absolute atomic E-state index is 0.143. The van der Waals surface area contributed by atoms with Crippen molar-refractivity contribution >= 4 is 11.9 Å². The molecule has 1 heterocycles. The number of carboxylic acid groups (broad SMARTS) is 1. The molecular weight excluding hydrogens is 305 g/mol. The summed E-state index contributed by atoms with van der Waals surface area (Å²) in [6, 6.07) is 3.45. The predicted molar refractivity (Wildman–Crippen MR) is 66.6 cm³/mol. The van der Waals surface area contributed by atoms with Gasteiger partial charge >= 0.3 is 18.1 Å². The van der Waals surface area contributed by atoms with Crippen LogP contribution in [0.15, 0.2) is 30.5 Å². The van der Waals surface area contributed by atoms with Gasteiger partial charge in [-0.2, -0.15) is 18.3 Å². The van der Waals surface area contributed by atoms with Gasteiger partial charge in [-0.1, -0.05) is 0 Å². The fourth-order valence-corrected chi connectivity index (χ4v) is 1.70. The van der Waals surface area contributed by atoms with Gasteiger partial charge in [0.2, 0.25) is 0 Å². The summed E-state index contributed by atoms with van der Waals surface area (Å²) in [5.41, 5.74) is -1.56. The standard InChI is InChI=1S/C13H9F3N2O4/c1-18-10(9(6-17-18)11(19)20)12(21)22-8-4-2-7(3-5-8)13(14,15)16/h2-6H,1H3,(H,19,20). The van der Waals surface area contributed by atoms with Crippen molar-refractivity contribution < 1.29 is 32.6 Å². The Morgan fingerprint density at radius 1 is 1.23 bits per heavy atom. The molecule has 0 saturated heterocycles. The minimum Gasteiger partial charge on any atom is -0.478 e. The number of ether oxygens (including phenoxy) is 1. The number of hydrogen-bond donors (Lipinski definition) is 1. The van der Waals surface area contributed by atoms with Gasteiger partial charge < -0.3 is 9.84 Å². The number of carbonyl (C=O) groups is 2. The SMILES string of the molecule is Cn1ncc(C(=O)O)c1C(=O)Oc1ccc(C(F)(F)F)cc1. The molecular formula is C13H9F3N2O4. The van der Waals surface area contributed by atoms with E-state index in [1.54, 1.807) is 0 Å². The average Bonchev–Trinajstić information content (AvgIpc) is 2.80.